The lowest BCUT2D eigenvalue weighted by atomic mass is 10.0. The van der Waals surface area contributed by atoms with Crippen LogP contribution in [-0.2, 0) is 9.59 Å². The van der Waals surface area contributed by atoms with E-state index in [9.17, 15) is 9.59 Å². The van der Waals surface area contributed by atoms with Crippen molar-refractivity contribution in [3.63, 3.8) is 0 Å². The van der Waals surface area contributed by atoms with E-state index >= 15 is 0 Å². The summed E-state index contributed by atoms with van der Waals surface area (Å²) in [5, 5.41) is 5.37. The van der Waals surface area contributed by atoms with Gasteiger partial charge in [-0.3, -0.25) is 9.59 Å². The summed E-state index contributed by atoms with van der Waals surface area (Å²) in [5.74, 6) is 0.0721. The molecule has 4 N–H and O–H groups in total. The van der Waals surface area contributed by atoms with Gasteiger partial charge in [0.1, 0.15) is 5.75 Å². The van der Waals surface area contributed by atoms with Gasteiger partial charge in [0, 0.05) is 18.7 Å². The molecule has 1 aromatic rings. The Hall–Kier alpha value is -2.08. The lowest BCUT2D eigenvalue weighted by molar-refractivity contribution is -0.118. The van der Waals surface area contributed by atoms with Crippen molar-refractivity contribution in [2.45, 2.75) is 26.8 Å². The third-order valence-electron chi connectivity index (χ3n) is 2.80. The van der Waals surface area contributed by atoms with Crippen LogP contribution >= 0.6 is 0 Å². The topological polar surface area (TPSA) is 93.4 Å². The second-order valence-corrected chi connectivity index (χ2v) is 4.86. The standard InChI is InChI=1S/C14H21N3O3/c1-8(2)13(15)14(19)17-10-5-6-11(16-9(3)18)12(7-10)20-4/h5-8,13H,15H2,1-4H3,(H,16,18)(H,17,19)/t13-/m1/s1. The van der Waals surface area contributed by atoms with Gasteiger partial charge in [0.05, 0.1) is 18.8 Å². The Morgan fingerprint density at radius 3 is 2.40 bits per heavy atom. The minimum atomic E-state index is -0.573. The van der Waals surface area contributed by atoms with Crippen LogP contribution in [0, 0.1) is 5.92 Å². The minimum absolute atomic E-state index is 0.0514. The van der Waals surface area contributed by atoms with Crippen molar-refractivity contribution in [1.82, 2.24) is 0 Å². The molecule has 0 aliphatic rings. The second kappa shape index (κ2) is 6.91. The van der Waals surface area contributed by atoms with Crippen molar-refractivity contribution in [2.75, 3.05) is 17.7 Å². The summed E-state index contributed by atoms with van der Waals surface area (Å²) in [7, 11) is 1.49. The van der Waals surface area contributed by atoms with Crippen molar-refractivity contribution in [1.29, 1.82) is 0 Å². The first kappa shape index (κ1) is 16.0. The molecular weight excluding hydrogens is 258 g/mol. The Morgan fingerprint density at radius 1 is 1.25 bits per heavy atom. The first-order valence-corrected chi connectivity index (χ1v) is 6.37. The van der Waals surface area contributed by atoms with Crippen LogP contribution in [0.25, 0.3) is 0 Å². The highest BCUT2D eigenvalue weighted by atomic mass is 16.5. The Bertz CT molecular complexity index is 500. The van der Waals surface area contributed by atoms with Crippen molar-refractivity contribution in [3.05, 3.63) is 18.2 Å². The zero-order chi connectivity index (χ0) is 15.3. The maximum Gasteiger partial charge on any atom is 0.241 e. The van der Waals surface area contributed by atoms with Gasteiger partial charge in [0.15, 0.2) is 0 Å². The zero-order valence-electron chi connectivity index (χ0n) is 12.2. The van der Waals surface area contributed by atoms with E-state index in [2.05, 4.69) is 10.6 Å². The maximum absolute atomic E-state index is 11.9. The van der Waals surface area contributed by atoms with E-state index in [1.54, 1.807) is 18.2 Å². The van der Waals surface area contributed by atoms with Crippen LogP contribution in [0.3, 0.4) is 0 Å². The lowest BCUT2D eigenvalue weighted by Crippen LogP contribution is -2.39. The number of rotatable bonds is 5. The molecule has 0 aromatic heterocycles. The SMILES string of the molecule is COc1cc(NC(=O)[C@H](N)C(C)C)ccc1NC(C)=O. The molecule has 0 aliphatic heterocycles. The third kappa shape index (κ3) is 4.24. The lowest BCUT2D eigenvalue weighted by Gasteiger charge is -2.16. The summed E-state index contributed by atoms with van der Waals surface area (Å²) in [4.78, 5) is 22.9. The number of methoxy groups -OCH3 is 1. The fourth-order valence-corrected chi connectivity index (χ4v) is 1.59. The largest absolute Gasteiger partial charge is 0.494 e. The Morgan fingerprint density at radius 2 is 1.90 bits per heavy atom. The summed E-state index contributed by atoms with van der Waals surface area (Å²) in [5.41, 5.74) is 6.89. The first-order valence-electron chi connectivity index (χ1n) is 6.37. The molecule has 20 heavy (non-hydrogen) atoms. The zero-order valence-corrected chi connectivity index (χ0v) is 12.2. The second-order valence-electron chi connectivity index (χ2n) is 4.86. The molecule has 0 saturated heterocycles. The molecule has 0 saturated carbocycles. The highest BCUT2D eigenvalue weighted by Gasteiger charge is 2.17. The van der Waals surface area contributed by atoms with Gasteiger partial charge < -0.3 is 21.1 Å². The van der Waals surface area contributed by atoms with Gasteiger partial charge >= 0.3 is 0 Å². The predicted octanol–water partition coefficient (Wildman–Crippen LogP) is 1.58. The Kier molecular flexibility index (Phi) is 5.52. The number of ether oxygens (including phenoxy) is 1. The number of carbonyl (C=O) groups excluding carboxylic acids is 2. The van der Waals surface area contributed by atoms with Crippen LogP contribution in [0.15, 0.2) is 18.2 Å². The molecule has 0 unspecified atom stereocenters. The van der Waals surface area contributed by atoms with Crippen LogP contribution in [0.1, 0.15) is 20.8 Å². The average molecular weight is 279 g/mol. The third-order valence-corrected chi connectivity index (χ3v) is 2.80. The quantitative estimate of drug-likeness (QED) is 0.762. The van der Waals surface area contributed by atoms with Crippen molar-refractivity contribution in [3.8, 4) is 5.75 Å². The van der Waals surface area contributed by atoms with Gasteiger partial charge in [-0.25, -0.2) is 0 Å². The van der Waals surface area contributed by atoms with E-state index in [-0.39, 0.29) is 17.7 Å². The van der Waals surface area contributed by atoms with Crippen molar-refractivity contribution in [2.24, 2.45) is 11.7 Å². The number of hydrogen-bond donors (Lipinski definition) is 3. The smallest absolute Gasteiger partial charge is 0.241 e. The van der Waals surface area contributed by atoms with Gasteiger partial charge in [0.2, 0.25) is 11.8 Å². The first-order chi connectivity index (χ1) is 9.35. The van der Waals surface area contributed by atoms with E-state index in [0.29, 0.717) is 17.1 Å². The minimum Gasteiger partial charge on any atom is -0.494 e. The molecule has 6 nitrogen and oxygen atoms in total. The van der Waals surface area contributed by atoms with Gasteiger partial charge in [-0.1, -0.05) is 13.8 Å². The summed E-state index contributed by atoms with van der Waals surface area (Å²) < 4.78 is 5.18. The monoisotopic (exact) mass is 279 g/mol. The molecule has 0 heterocycles. The summed E-state index contributed by atoms with van der Waals surface area (Å²) in [6, 6.07) is 4.40. The van der Waals surface area contributed by atoms with Crippen molar-refractivity contribution >= 4 is 23.2 Å². The molecule has 0 aliphatic carbocycles. The number of amides is 2. The summed E-state index contributed by atoms with van der Waals surface area (Å²) >= 11 is 0. The molecule has 110 valence electrons. The van der Waals surface area contributed by atoms with Gasteiger partial charge in [-0.05, 0) is 18.1 Å². The summed E-state index contributed by atoms with van der Waals surface area (Å²) in [6.45, 7) is 5.17. The van der Waals surface area contributed by atoms with Crippen LogP contribution in [0.4, 0.5) is 11.4 Å². The average Bonchev–Trinajstić information content (AvgIpc) is 2.38. The Labute approximate surface area is 118 Å². The molecule has 1 aromatic carbocycles. The molecule has 1 rings (SSSR count). The fourth-order valence-electron chi connectivity index (χ4n) is 1.59. The highest BCUT2D eigenvalue weighted by molar-refractivity contribution is 5.96. The number of hydrogen-bond acceptors (Lipinski definition) is 4. The predicted molar refractivity (Wildman–Crippen MR) is 78.7 cm³/mol. The molecule has 2 amide bonds. The fraction of sp³-hybridized carbons (Fsp3) is 0.429. The van der Waals surface area contributed by atoms with Gasteiger partial charge in [-0.15, -0.1) is 0 Å². The molecule has 1 atom stereocenters. The number of nitrogens with one attached hydrogen (secondary N) is 2. The van der Waals surface area contributed by atoms with E-state index in [4.69, 9.17) is 10.5 Å². The van der Waals surface area contributed by atoms with Gasteiger partial charge in [0.25, 0.3) is 0 Å². The van der Waals surface area contributed by atoms with Crippen molar-refractivity contribution < 1.29 is 14.3 Å². The van der Waals surface area contributed by atoms with Crippen LogP contribution in [-0.4, -0.2) is 25.0 Å². The van der Waals surface area contributed by atoms with E-state index < -0.39 is 6.04 Å². The maximum atomic E-state index is 11.9. The normalized spacial score (nSPS) is 11.9. The number of nitrogens with two attached hydrogens (primary N) is 1. The molecule has 0 fully saturated rings. The van der Waals surface area contributed by atoms with E-state index in [0.717, 1.165) is 0 Å². The Balaban J connectivity index is 2.88. The molecule has 0 bridgehead atoms. The molecule has 0 radical (unpaired) electrons. The number of carbonyl (C=O) groups is 2. The number of anilines is 2. The molecule has 6 heteroatoms. The molecule has 0 spiro atoms. The molecular formula is C14H21N3O3. The summed E-state index contributed by atoms with van der Waals surface area (Å²) in [6.07, 6.45) is 0. The van der Waals surface area contributed by atoms with Crippen LogP contribution < -0.4 is 21.1 Å². The van der Waals surface area contributed by atoms with Crippen LogP contribution in [0.5, 0.6) is 5.75 Å². The van der Waals surface area contributed by atoms with Crippen LogP contribution in [0.2, 0.25) is 0 Å². The van der Waals surface area contributed by atoms with E-state index in [1.165, 1.54) is 14.0 Å². The van der Waals surface area contributed by atoms with E-state index in [1.807, 2.05) is 13.8 Å². The number of benzene rings is 1. The highest BCUT2D eigenvalue weighted by Crippen LogP contribution is 2.28. The van der Waals surface area contributed by atoms with Gasteiger partial charge in [-0.2, -0.15) is 0 Å².